The molecule has 0 aliphatic carbocycles. The van der Waals surface area contributed by atoms with E-state index in [0.29, 0.717) is 6.42 Å². The summed E-state index contributed by atoms with van der Waals surface area (Å²) >= 11 is 1.32. The molecule has 1 rings (SSSR count). The third-order valence-corrected chi connectivity index (χ3v) is 3.22. The van der Waals surface area contributed by atoms with Gasteiger partial charge in [-0.15, -0.1) is 10.2 Å². The predicted molar refractivity (Wildman–Crippen MR) is 68.8 cm³/mol. The summed E-state index contributed by atoms with van der Waals surface area (Å²) in [5, 5.41) is 8.25. The number of aromatic nitrogens is 2. The molecule has 0 unspecified atom stereocenters. The zero-order valence-electron chi connectivity index (χ0n) is 10.6. The minimum atomic E-state index is 0.164. The molecular formula is C12H20N3OS. The monoisotopic (exact) mass is 254 g/mol. The minimum Gasteiger partial charge on any atom is -0.342 e. The summed E-state index contributed by atoms with van der Waals surface area (Å²) < 4.78 is 0. The molecule has 4 nitrogen and oxygen atoms in total. The van der Waals surface area contributed by atoms with Crippen LogP contribution in [0.1, 0.15) is 44.5 Å². The Morgan fingerprint density at radius 1 is 1.29 bits per heavy atom. The molecule has 95 valence electrons. The molecule has 0 aliphatic heterocycles. The van der Waals surface area contributed by atoms with Crippen molar-refractivity contribution in [3.8, 4) is 0 Å². The molecular weight excluding hydrogens is 234 g/mol. The third kappa shape index (κ3) is 5.26. The first-order valence-electron chi connectivity index (χ1n) is 6.24. The van der Waals surface area contributed by atoms with Crippen LogP contribution >= 0.6 is 11.3 Å². The van der Waals surface area contributed by atoms with Crippen LogP contribution in [0.25, 0.3) is 0 Å². The molecule has 5 heteroatoms. The molecule has 0 aromatic carbocycles. The third-order valence-electron chi connectivity index (χ3n) is 2.58. The second kappa shape index (κ2) is 8.17. The number of amides is 1. The van der Waals surface area contributed by atoms with Crippen molar-refractivity contribution in [1.82, 2.24) is 15.1 Å². The highest BCUT2D eigenvalue weighted by Crippen LogP contribution is 2.07. The Hall–Kier alpha value is -0.970. The topological polar surface area (TPSA) is 46.1 Å². The first-order chi connectivity index (χ1) is 8.27. The minimum absolute atomic E-state index is 0.164. The molecule has 1 aromatic heterocycles. The lowest BCUT2D eigenvalue weighted by atomic mass is 10.2. The van der Waals surface area contributed by atoms with Crippen molar-refractivity contribution in [2.24, 2.45) is 0 Å². The lowest BCUT2D eigenvalue weighted by molar-refractivity contribution is -0.130. The van der Waals surface area contributed by atoms with Gasteiger partial charge < -0.3 is 4.90 Å². The van der Waals surface area contributed by atoms with Gasteiger partial charge in [0, 0.05) is 13.1 Å². The standard InChI is InChI=1S/C12H20N3OS/c1-3-5-7-15(8-6-4-2)12(16)9-11-14-13-10-17-11/h3-9H2,1-2H3. The lowest BCUT2D eigenvalue weighted by Crippen LogP contribution is -2.34. The second-order valence-electron chi connectivity index (χ2n) is 4.05. The van der Waals surface area contributed by atoms with Gasteiger partial charge in [0.05, 0.1) is 6.42 Å². The van der Waals surface area contributed by atoms with Crippen molar-refractivity contribution in [2.75, 3.05) is 13.1 Å². The Balaban J connectivity index is 2.46. The van der Waals surface area contributed by atoms with Gasteiger partial charge in [-0.1, -0.05) is 38.0 Å². The van der Waals surface area contributed by atoms with Crippen molar-refractivity contribution in [3.05, 3.63) is 10.5 Å². The van der Waals surface area contributed by atoms with E-state index in [-0.39, 0.29) is 5.91 Å². The highest BCUT2D eigenvalue weighted by Gasteiger charge is 2.14. The molecule has 0 N–H and O–H groups in total. The van der Waals surface area contributed by atoms with E-state index in [0.717, 1.165) is 43.8 Å². The molecule has 1 radical (unpaired) electrons. The van der Waals surface area contributed by atoms with E-state index in [9.17, 15) is 4.79 Å². The van der Waals surface area contributed by atoms with Crippen LogP contribution in [-0.2, 0) is 11.2 Å². The molecule has 0 spiro atoms. The van der Waals surface area contributed by atoms with Gasteiger partial charge in [-0.25, -0.2) is 0 Å². The maximum Gasteiger partial charge on any atom is 0.229 e. The lowest BCUT2D eigenvalue weighted by Gasteiger charge is -2.21. The number of nitrogens with zero attached hydrogens (tertiary/aromatic N) is 3. The molecule has 0 saturated heterocycles. The van der Waals surface area contributed by atoms with Gasteiger partial charge in [0.25, 0.3) is 0 Å². The molecule has 1 amide bonds. The van der Waals surface area contributed by atoms with Gasteiger partial charge >= 0.3 is 0 Å². The van der Waals surface area contributed by atoms with Crippen molar-refractivity contribution in [1.29, 1.82) is 0 Å². The van der Waals surface area contributed by atoms with Crippen LogP contribution in [0.3, 0.4) is 0 Å². The number of unbranched alkanes of at least 4 members (excludes halogenated alkanes) is 2. The number of hydrogen-bond donors (Lipinski definition) is 0. The van der Waals surface area contributed by atoms with Gasteiger partial charge in [0.2, 0.25) is 5.91 Å². The van der Waals surface area contributed by atoms with Crippen LogP contribution in [0.15, 0.2) is 0 Å². The van der Waals surface area contributed by atoms with E-state index in [4.69, 9.17) is 0 Å². The van der Waals surface area contributed by atoms with Crippen molar-refractivity contribution in [3.63, 3.8) is 0 Å². The molecule has 0 aliphatic rings. The van der Waals surface area contributed by atoms with E-state index < -0.39 is 0 Å². The van der Waals surface area contributed by atoms with Crippen molar-refractivity contribution in [2.45, 2.75) is 46.0 Å². The van der Waals surface area contributed by atoms with E-state index in [1.165, 1.54) is 11.3 Å². The van der Waals surface area contributed by atoms with E-state index in [2.05, 4.69) is 29.6 Å². The summed E-state index contributed by atoms with van der Waals surface area (Å²) in [5.41, 5.74) is 2.67. The first-order valence-corrected chi connectivity index (χ1v) is 7.05. The molecule has 0 atom stereocenters. The van der Waals surface area contributed by atoms with Crippen LogP contribution in [0.2, 0.25) is 0 Å². The number of carbonyl (C=O) groups is 1. The Kier molecular flexibility index (Phi) is 6.77. The van der Waals surface area contributed by atoms with Crippen LogP contribution in [0.5, 0.6) is 0 Å². The Morgan fingerprint density at radius 2 is 1.94 bits per heavy atom. The molecule has 0 saturated carbocycles. The fraction of sp³-hybridized carbons (Fsp3) is 0.750. The Morgan fingerprint density at radius 3 is 2.41 bits per heavy atom. The molecule has 1 aromatic rings. The fourth-order valence-corrected chi connectivity index (χ4v) is 2.01. The summed E-state index contributed by atoms with van der Waals surface area (Å²) in [6, 6.07) is 0. The average Bonchev–Trinajstić information content (AvgIpc) is 2.82. The van der Waals surface area contributed by atoms with Crippen LogP contribution in [0, 0.1) is 5.51 Å². The van der Waals surface area contributed by atoms with Crippen LogP contribution in [0.4, 0.5) is 0 Å². The molecule has 1 heterocycles. The highest BCUT2D eigenvalue weighted by atomic mass is 32.1. The van der Waals surface area contributed by atoms with Gasteiger partial charge in [0.15, 0.2) is 5.51 Å². The zero-order chi connectivity index (χ0) is 12.5. The van der Waals surface area contributed by atoms with E-state index >= 15 is 0 Å². The van der Waals surface area contributed by atoms with Crippen molar-refractivity contribution < 1.29 is 4.79 Å². The highest BCUT2D eigenvalue weighted by molar-refractivity contribution is 7.08. The summed E-state index contributed by atoms with van der Waals surface area (Å²) in [4.78, 5) is 14.0. The van der Waals surface area contributed by atoms with Crippen LogP contribution < -0.4 is 0 Å². The quantitative estimate of drug-likeness (QED) is 0.715. The van der Waals surface area contributed by atoms with Gasteiger partial charge in [-0.2, -0.15) is 0 Å². The molecule has 17 heavy (non-hydrogen) atoms. The maximum absolute atomic E-state index is 12.1. The average molecular weight is 254 g/mol. The number of rotatable bonds is 8. The van der Waals surface area contributed by atoms with E-state index in [1.807, 2.05) is 4.90 Å². The largest absolute Gasteiger partial charge is 0.342 e. The summed E-state index contributed by atoms with van der Waals surface area (Å²) in [5.74, 6) is 0.164. The summed E-state index contributed by atoms with van der Waals surface area (Å²) in [7, 11) is 0. The Labute approximate surface area is 107 Å². The molecule has 0 fully saturated rings. The summed E-state index contributed by atoms with van der Waals surface area (Å²) in [6.45, 7) is 6.00. The second-order valence-corrected chi connectivity index (χ2v) is 4.91. The van der Waals surface area contributed by atoms with Crippen LogP contribution in [-0.4, -0.2) is 34.1 Å². The Bertz CT molecular complexity index is 306. The zero-order valence-corrected chi connectivity index (χ0v) is 11.4. The van der Waals surface area contributed by atoms with Gasteiger partial charge in [-0.05, 0) is 12.8 Å². The SMILES string of the molecule is CCCCN(CCCC)C(=O)Cc1nn[c]s1. The van der Waals surface area contributed by atoms with Crippen molar-refractivity contribution >= 4 is 17.2 Å². The number of carbonyl (C=O) groups excluding carboxylic acids is 1. The predicted octanol–water partition coefficient (Wildman–Crippen LogP) is 2.31. The van der Waals surface area contributed by atoms with E-state index in [1.54, 1.807) is 0 Å². The summed E-state index contributed by atoms with van der Waals surface area (Å²) in [6.07, 6.45) is 4.73. The fourth-order valence-electron chi connectivity index (χ4n) is 1.54. The maximum atomic E-state index is 12.1. The van der Waals surface area contributed by atoms with Gasteiger partial charge in [-0.3, -0.25) is 4.79 Å². The molecule has 0 bridgehead atoms. The first kappa shape index (κ1) is 14.1. The van der Waals surface area contributed by atoms with Gasteiger partial charge in [0.1, 0.15) is 5.01 Å². The number of hydrogen-bond acceptors (Lipinski definition) is 4. The normalized spacial score (nSPS) is 10.5. The smallest absolute Gasteiger partial charge is 0.229 e.